The smallest absolute Gasteiger partial charge is 0.244 e. The van der Waals surface area contributed by atoms with E-state index in [9.17, 15) is 4.79 Å². The largest absolute Gasteiger partial charge is 0.450 e. The normalized spacial score (nSPS) is 11.0. The lowest BCUT2D eigenvalue weighted by Gasteiger charge is -2.01. The van der Waals surface area contributed by atoms with Gasteiger partial charge >= 0.3 is 0 Å². The van der Waals surface area contributed by atoms with Crippen LogP contribution in [0.1, 0.15) is 12.2 Å². The molecule has 1 aromatic rings. The van der Waals surface area contributed by atoms with E-state index in [0.29, 0.717) is 17.0 Å². The van der Waals surface area contributed by atoms with Gasteiger partial charge in [-0.3, -0.25) is 4.79 Å². The van der Waals surface area contributed by atoms with Crippen molar-refractivity contribution in [2.45, 2.75) is 6.42 Å². The highest BCUT2D eigenvalue weighted by Crippen LogP contribution is 2.14. The monoisotopic (exact) mass is 333 g/mol. The number of hydrogen-bond donors (Lipinski definition) is 2. The third kappa shape index (κ3) is 6.88. The Balaban J connectivity index is 2.12. The van der Waals surface area contributed by atoms with Gasteiger partial charge in [-0.25, -0.2) is 0 Å². The van der Waals surface area contributed by atoms with E-state index >= 15 is 0 Å². The molecule has 1 rings (SSSR count). The van der Waals surface area contributed by atoms with Crippen LogP contribution in [0.3, 0.4) is 0 Å². The third-order valence-electron chi connectivity index (χ3n) is 1.99. The zero-order valence-corrected chi connectivity index (χ0v) is 12.3. The van der Waals surface area contributed by atoms with Crippen LogP contribution < -0.4 is 5.32 Å². The lowest BCUT2D eigenvalue weighted by Crippen LogP contribution is -2.23. The van der Waals surface area contributed by atoms with Crippen LogP contribution in [0.15, 0.2) is 27.3 Å². The van der Waals surface area contributed by atoms with Crippen molar-refractivity contribution in [2.24, 2.45) is 0 Å². The Morgan fingerprint density at radius 1 is 1.50 bits per heavy atom. The van der Waals surface area contributed by atoms with Gasteiger partial charge in [0, 0.05) is 25.0 Å². The first-order valence-corrected chi connectivity index (χ1v) is 7.57. The first-order valence-electron chi connectivity index (χ1n) is 5.62. The quantitative estimate of drug-likeness (QED) is 0.566. The van der Waals surface area contributed by atoms with Crippen LogP contribution in [-0.2, 0) is 4.79 Å². The van der Waals surface area contributed by atoms with Crippen molar-refractivity contribution in [1.29, 1.82) is 0 Å². The molecule has 0 radical (unpaired) electrons. The lowest BCUT2D eigenvalue weighted by molar-refractivity contribution is -0.116. The van der Waals surface area contributed by atoms with Crippen molar-refractivity contribution in [1.82, 2.24) is 5.32 Å². The Morgan fingerprint density at radius 2 is 2.33 bits per heavy atom. The third-order valence-corrected chi connectivity index (χ3v) is 3.48. The summed E-state index contributed by atoms with van der Waals surface area (Å²) >= 11 is 4.90. The molecule has 0 aliphatic carbocycles. The maximum Gasteiger partial charge on any atom is 0.244 e. The summed E-state index contributed by atoms with van der Waals surface area (Å²) in [5, 5.41) is 11.4. The number of aliphatic hydroxyl groups is 1. The Hall–Kier alpha value is -0.720. The van der Waals surface area contributed by atoms with Gasteiger partial charge in [-0.15, -0.1) is 0 Å². The standard InChI is InChI=1S/C12H16BrNO3S/c13-11-4-2-10(17-11)3-5-12(16)14-6-9-18-8-1-7-15/h2-5,15H,1,6-9H2,(H,14,16)/b5-3+. The van der Waals surface area contributed by atoms with E-state index < -0.39 is 0 Å². The summed E-state index contributed by atoms with van der Waals surface area (Å²) in [5.74, 6) is 2.27. The Morgan fingerprint density at radius 3 is 3.00 bits per heavy atom. The number of thioether (sulfide) groups is 1. The van der Waals surface area contributed by atoms with Crippen molar-refractivity contribution in [2.75, 3.05) is 24.7 Å². The fourth-order valence-corrected chi connectivity index (χ4v) is 2.25. The van der Waals surface area contributed by atoms with E-state index in [0.717, 1.165) is 17.9 Å². The number of halogens is 1. The second kappa shape index (κ2) is 9.24. The van der Waals surface area contributed by atoms with E-state index in [1.54, 1.807) is 30.0 Å². The molecular formula is C12H16BrNO3S. The van der Waals surface area contributed by atoms with Gasteiger partial charge in [0.05, 0.1) is 0 Å². The maximum absolute atomic E-state index is 11.4. The zero-order valence-electron chi connectivity index (χ0n) is 9.89. The molecule has 18 heavy (non-hydrogen) atoms. The van der Waals surface area contributed by atoms with Crippen molar-refractivity contribution in [3.8, 4) is 0 Å². The van der Waals surface area contributed by atoms with Gasteiger partial charge in [-0.1, -0.05) is 0 Å². The average Bonchev–Trinajstić information content (AvgIpc) is 2.77. The van der Waals surface area contributed by atoms with Crippen LogP contribution in [0, 0.1) is 0 Å². The summed E-state index contributed by atoms with van der Waals surface area (Å²) in [6, 6.07) is 3.55. The molecule has 6 heteroatoms. The predicted molar refractivity (Wildman–Crippen MR) is 77.5 cm³/mol. The summed E-state index contributed by atoms with van der Waals surface area (Å²) in [7, 11) is 0. The van der Waals surface area contributed by atoms with E-state index in [2.05, 4.69) is 21.2 Å². The molecule has 2 N–H and O–H groups in total. The number of amides is 1. The number of carbonyl (C=O) groups is 1. The molecule has 0 aromatic carbocycles. The van der Waals surface area contributed by atoms with Gasteiger partial charge < -0.3 is 14.8 Å². The van der Waals surface area contributed by atoms with E-state index in [1.165, 1.54) is 6.08 Å². The minimum atomic E-state index is -0.134. The SMILES string of the molecule is O=C(/C=C/c1ccc(Br)o1)NCCSCCCO. The minimum Gasteiger partial charge on any atom is -0.450 e. The Kier molecular flexibility index (Phi) is 7.88. The molecule has 0 saturated heterocycles. The van der Waals surface area contributed by atoms with Gasteiger partial charge in [0.15, 0.2) is 4.67 Å². The summed E-state index contributed by atoms with van der Waals surface area (Å²) in [5.41, 5.74) is 0. The summed E-state index contributed by atoms with van der Waals surface area (Å²) in [6.07, 6.45) is 3.87. The predicted octanol–water partition coefficient (Wildman–Crippen LogP) is 2.29. The van der Waals surface area contributed by atoms with Gasteiger partial charge in [-0.05, 0) is 46.3 Å². The Bertz CT molecular complexity index is 392. The van der Waals surface area contributed by atoms with Crippen LogP contribution in [-0.4, -0.2) is 35.7 Å². The molecule has 4 nitrogen and oxygen atoms in total. The highest BCUT2D eigenvalue weighted by atomic mass is 79.9. The number of carbonyl (C=O) groups excluding carboxylic acids is 1. The van der Waals surface area contributed by atoms with Crippen LogP contribution in [0.2, 0.25) is 0 Å². The van der Waals surface area contributed by atoms with Gasteiger partial charge in [0.1, 0.15) is 5.76 Å². The molecule has 1 aromatic heterocycles. The van der Waals surface area contributed by atoms with Gasteiger partial charge in [0.2, 0.25) is 5.91 Å². The van der Waals surface area contributed by atoms with Crippen molar-refractivity contribution in [3.05, 3.63) is 28.6 Å². The number of hydrogen-bond acceptors (Lipinski definition) is 4. The molecule has 0 fully saturated rings. The van der Waals surface area contributed by atoms with E-state index in [-0.39, 0.29) is 12.5 Å². The highest BCUT2D eigenvalue weighted by Gasteiger charge is 1.97. The first kappa shape index (κ1) is 15.3. The summed E-state index contributed by atoms with van der Waals surface area (Å²) < 4.78 is 5.87. The molecule has 1 amide bonds. The molecule has 0 unspecified atom stereocenters. The molecular weight excluding hydrogens is 318 g/mol. The fourth-order valence-electron chi connectivity index (χ4n) is 1.15. The van der Waals surface area contributed by atoms with E-state index in [4.69, 9.17) is 9.52 Å². The topological polar surface area (TPSA) is 62.5 Å². The van der Waals surface area contributed by atoms with Gasteiger partial charge in [0.25, 0.3) is 0 Å². The number of nitrogens with one attached hydrogen (secondary N) is 1. The molecule has 1 heterocycles. The van der Waals surface area contributed by atoms with Crippen LogP contribution in [0.25, 0.3) is 6.08 Å². The molecule has 0 saturated carbocycles. The highest BCUT2D eigenvalue weighted by molar-refractivity contribution is 9.10. The number of aliphatic hydroxyl groups excluding tert-OH is 1. The second-order valence-electron chi connectivity index (χ2n) is 3.46. The van der Waals surface area contributed by atoms with Gasteiger partial charge in [-0.2, -0.15) is 11.8 Å². The molecule has 100 valence electrons. The summed E-state index contributed by atoms with van der Waals surface area (Å²) in [6.45, 7) is 0.849. The average molecular weight is 334 g/mol. The Labute approximate surface area is 119 Å². The minimum absolute atomic E-state index is 0.134. The molecule has 0 atom stereocenters. The summed E-state index contributed by atoms with van der Waals surface area (Å²) in [4.78, 5) is 11.4. The first-order chi connectivity index (χ1) is 8.72. The fraction of sp³-hybridized carbons (Fsp3) is 0.417. The van der Waals surface area contributed by atoms with E-state index in [1.807, 2.05) is 0 Å². The van der Waals surface area contributed by atoms with Crippen LogP contribution in [0.5, 0.6) is 0 Å². The lowest BCUT2D eigenvalue weighted by atomic mass is 10.4. The van der Waals surface area contributed by atoms with Crippen molar-refractivity contribution >= 4 is 39.7 Å². The van der Waals surface area contributed by atoms with Crippen LogP contribution in [0.4, 0.5) is 0 Å². The zero-order chi connectivity index (χ0) is 13.2. The number of furan rings is 1. The van der Waals surface area contributed by atoms with Crippen molar-refractivity contribution < 1.29 is 14.3 Å². The molecule has 0 spiro atoms. The molecule has 0 aliphatic rings. The second-order valence-corrected chi connectivity index (χ2v) is 5.46. The van der Waals surface area contributed by atoms with Crippen molar-refractivity contribution in [3.63, 3.8) is 0 Å². The van der Waals surface area contributed by atoms with Crippen LogP contribution >= 0.6 is 27.7 Å². The maximum atomic E-state index is 11.4. The molecule has 0 aliphatic heterocycles. The molecule has 0 bridgehead atoms. The number of rotatable bonds is 8.